The minimum atomic E-state index is -4.82. The highest BCUT2D eigenvalue weighted by Gasteiger charge is 2.47. The molecule has 0 spiro atoms. The summed E-state index contributed by atoms with van der Waals surface area (Å²) in [6.45, 7) is 1.69. The van der Waals surface area contributed by atoms with Crippen molar-refractivity contribution < 1.29 is 31.1 Å². The number of hydrogen-bond acceptors (Lipinski definition) is 6. The molecule has 2 heterocycles. The third kappa shape index (κ3) is 4.54. The number of esters is 1. The van der Waals surface area contributed by atoms with Crippen LogP contribution in [0.4, 0.5) is 19.0 Å². The number of carbonyl (C=O) groups is 1. The van der Waals surface area contributed by atoms with Crippen LogP contribution in [0.25, 0.3) is 0 Å². The van der Waals surface area contributed by atoms with Crippen LogP contribution in [0.2, 0.25) is 0 Å². The van der Waals surface area contributed by atoms with E-state index >= 15 is 0 Å². The summed E-state index contributed by atoms with van der Waals surface area (Å²) in [5, 5.41) is 3.40. The third-order valence-electron chi connectivity index (χ3n) is 6.73. The van der Waals surface area contributed by atoms with E-state index < -0.39 is 43.7 Å². The second-order valence-corrected chi connectivity index (χ2v) is 11.2. The van der Waals surface area contributed by atoms with E-state index in [1.807, 2.05) is 11.6 Å². The van der Waals surface area contributed by atoms with Crippen molar-refractivity contribution in [3.8, 4) is 0 Å². The predicted molar refractivity (Wildman–Crippen MR) is 119 cm³/mol. The quantitative estimate of drug-likeness (QED) is 0.571. The number of methoxy groups -OCH3 is 1. The van der Waals surface area contributed by atoms with Gasteiger partial charge in [-0.3, -0.25) is 0 Å². The van der Waals surface area contributed by atoms with E-state index in [2.05, 4.69) is 5.10 Å². The number of alkyl halides is 3. The van der Waals surface area contributed by atoms with E-state index in [9.17, 15) is 26.4 Å². The fraction of sp³-hybridized carbons (Fsp3) is 0.565. The average Bonchev–Trinajstić information content (AvgIpc) is 3.43. The Morgan fingerprint density at radius 1 is 1.15 bits per heavy atom. The first kappa shape index (κ1) is 24.6. The average molecular weight is 500 g/mol. The molecular weight excluding hydrogens is 471 g/mol. The molecule has 186 valence electrons. The lowest BCUT2D eigenvalue weighted by Gasteiger charge is -2.30. The van der Waals surface area contributed by atoms with Gasteiger partial charge in [-0.05, 0) is 38.3 Å². The number of sulfone groups is 1. The van der Waals surface area contributed by atoms with Crippen LogP contribution in [-0.4, -0.2) is 49.1 Å². The zero-order valence-corrected chi connectivity index (χ0v) is 19.9. The lowest BCUT2D eigenvalue weighted by molar-refractivity contribution is -0.142. The maximum atomic E-state index is 13.6. The third-order valence-corrected chi connectivity index (χ3v) is 8.92. The van der Waals surface area contributed by atoms with Crippen molar-refractivity contribution in [2.24, 2.45) is 0 Å². The van der Waals surface area contributed by atoms with Crippen LogP contribution >= 0.6 is 0 Å². The van der Waals surface area contributed by atoms with Crippen LogP contribution in [0.3, 0.4) is 0 Å². The molecule has 0 amide bonds. The number of ether oxygens (including phenoxy) is 1. The van der Waals surface area contributed by atoms with Crippen LogP contribution < -0.4 is 4.90 Å². The lowest BCUT2D eigenvalue weighted by atomic mass is 9.96. The van der Waals surface area contributed by atoms with Crippen LogP contribution in [0, 0.1) is 6.92 Å². The molecule has 1 aromatic heterocycles. The maximum Gasteiger partial charge on any atom is 0.417 e. The van der Waals surface area contributed by atoms with Gasteiger partial charge in [-0.1, -0.05) is 31.4 Å². The highest BCUT2D eigenvalue weighted by molar-refractivity contribution is 7.92. The standard InChI is InChI=1S/C23H28F3N3O4S/c1-15-12-21(29(27-15)16-8-4-3-5-9-16)28-14-17(13-19(28)22(30)33-2)34(31,32)20-11-7-6-10-18(20)23(24,25)26/h6-7,10-12,16-17,19H,3-5,8-9,13-14H2,1-2H3/t17-,19?/m1/s1. The van der Waals surface area contributed by atoms with E-state index in [0.29, 0.717) is 5.82 Å². The molecule has 7 nitrogen and oxygen atoms in total. The van der Waals surface area contributed by atoms with Crippen LogP contribution in [0.5, 0.6) is 0 Å². The predicted octanol–water partition coefficient (Wildman–Crippen LogP) is 4.31. The van der Waals surface area contributed by atoms with Crippen molar-refractivity contribution in [3.63, 3.8) is 0 Å². The fourth-order valence-electron chi connectivity index (χ4n) is 5.08. The second kappa shape index (κ2) is 9.24. The Labute approximate surface area is 196 Å². The molecule has 2 aliphatic rings. The SMILES string of the molecule is COC(=O)C1C[C@@H](S(=O)(=O)c2ccccc2C(F)(F)F)CN1c1cc(C)nn1C1CCCCC1. The molecule has 34 heavy (non-hydrogen) atoms. The van der Waals surface area contributed by atoms with Crippen LogP contribution in [-0.2, 0) is 25.5 Å². The minimum Gasteiger partial charge on any atom is -0.467 e. The molecule has 1 aliphatic carbocycles. The lowest BCUT2D eigenvalue weighted by Crippen LogP contribution is -2.39. The topological polar surface area (TPSA) is 81.5 Å². The van der Waals surface area contributed by atoms with E-state index in [4.69, 9.17) is 4.74 Å². The van der Waals surface area contributed by atoms with Gasteiger partial charge in [-0.2, -0.15) is 18.3 Å². The van der Waals surface area contributed by atoms with Crippen molar-refractivity contribution in [3.05, 3.63) is 41.6 Å². The Hall–Kier alpha value is -2.56. The first-order chi connectivity index (χ1) is 16.0. The molecule has 2 atom stereocenters. The normalized spacial score (nSPS) is 22.2. The molecule has 1 saturated carbocycles. The minimum absolute atomic E-state index is 0.123. The van der Waals surface area contributed by atoms with Gasteiger partial charge in [0.2, 0.25) is 0 Å². The summed E-state index contributed by atoms with van der Waals surface area (Å²) in [5.74, 6) is -0.0301. The fourth-order valence-corrected chi connectivity index (χ4v) is 6.99. The number of benzene rings is 1. The number of hydrogen-bond donors (Lipinski definition) is 0. The maximum absolute atomic E-state index is 13.6. The Bertz CT molecular complexity index is 1160. The monoisotopic (exact) mass is 499 g/mol. The van der Waals surface area contributed by atoms with E-state index in [1.54, 1.807) is 11.0 Å². The Morgan fingerprint density at radius 3 is 2.47 bits per heavy atom. The summed E-state index contributed by atoms with van der Waals surface area (Å²) in [4.78, 5) is 13.5. The van der Waals surface area contributed by atoms with Gasteiger partial charge in [-0.15, -0.1) is 0 Å². The number of anilines is 1. The molecule has 1 aliphatic heterocycles. The molecule has 0 bridgehead atoms. The highest BCUT2D eigenvalue weighted by Crippen LogP contribution is 2.40. The molecule has 1 aromatic carbocycles. The summed E-state index contributed by atoms with van der Waals surface area (Å²) in [6.07, 6.45) is 0.0937. The molecule has 4 rings (SSSR count). The van der Waals surface area contributed by atoms with Crippen molar-refractivity contribution >= 4 is 21.6 Å². The molecule has 1 saturated heterocycles. The van der Waals surface area contributed by atoms with Gasteiger partial charge < -0.3 is 9.64 Å². The van der Waals surface area contributed by atoms with Crippen molar-refractivity contribution in [2.75, 3.05) is 18.6 Å². The van der Waals surface area contributed by atoms with E-state index in [0.717, 1.165) is 56.0 Å². The van der Waals surface area contributed by atoms with Gasteiger partial charge in [0.05, 0.1) is 34.6 Å². The largest absolute Gasteiger partial charge is 0.467 e. The number of rotatable bonds is 5. The molecule has 2 fully saturated rings. The van der Waals surface area contributed by atoms with Gasteiger partial charge >= 0.3 is 12.1 Å². The molecular formula is C23H28F3N3O4S. The zero-order chi connectivity index (χ0) is 24.7. The first-order valence-electron chi connectivity index (χ1n) is 11.3. The summed E-state index contributed by atoms with van der Waals surface area (Å²) < 4.78 is 74.3. The first-order valence-corrected chi connectivity index (χ1v) is 12.9. The molecule has 0 radical (unpaired) electrons. The second-order valence-electron chi connectivity index (χ2n) is 8.97. The van der Waals surface area contributed by atoms with Crippen LogP contribution in [0.15, 0.2) is 35.2 Å². The smallest absolute Gasteiger partial charge is 0.417 e. The highest BCUT2D eigenvalue weighted by atomic mass is 32.2. The molecule has 0 N–H and O–H groups in total. The Kier molecular flexibility index (Phi) is 6.67. The van der Waals surface area contributed by atoms with Gasteiger partial charge in [-0.25, -0.2) is 17.9 Å². The molecule has 1 unspecified atom stereocenters. The number of halogens is 3. The summed E-state index contributed by atoms with van der Waals surface area (Å²) in [6, 6.07) is 5.14. The summed E-state index contributed by atoms with van der Waals surface area (Å²) in [5.41, 5.74) is -0.482. The Morgan fingerprint density at radius 2 is 1.82 bits per heavy atom. The van der Waals surface area contributed by atoms with Crippen molar-refractivity contribution in [1.29, 1.82) is 0 Å². The summed E-state index contributed by atoms with van der Waals surface area (Å²) in [7, 11) is -3.18. The van der Waals surface area contributed by atoms with Gasteiger partial charge in [0.25, 0.3) is 0 Å². The van der Waals surface area contributed by atoms with E-state index in [1.165, 1.54) is 13.2 Å². The van der Waals surface area contributed by atoms with Crippen molar-refractivity contribution in [2.45, 2.75) is 73.9 Å². The van der Waals surface area contributed by atoms with Crippen molar-refractivity contribution in [1.82, 2.24) is 9.78 Å². The number of carbonyl (C=O) groups excluding carboxylic acids is 1. The van der Waals surface area contributed by atoms with Crippen LogP contribution in [0.1, 0.15) is 55.8 Å². The zero-order valence-electron chi connectivity index (χ0n) is 19.1. The summed E-state index contributed by atoms with van der Waals surface area (Å²) >= 11 is 0. The molecule has 2 aromatic rings. The van der Waals surface area contributed by atoms with Gasteiger partial charge in [0.15, 0.2) is 9.84 Å². The number of aromatic nitrogens is 2. The van der Waals surface area contributed by atoms with E-state index in [-0.39, 0.29) is 19.0 Å². The number of nitrogens with zero attached hydrogens (tertiary/aromatic N) is 3. The number of aryl methyl sites for hydroxylation is 1. The molecule has 11 heteroatoms. The Balaban J connectivity index is 1.73. The van der Waals surface area contributed by atoms with Gasteiger partial charge in [0.1, 0.15) is 11.9 Å². The van der Waals surface area contributed by atoms with Gasteiger partial charge in [0, 0.05) is 12.6 Å².